The zero-order valence-corrected chi connectivity index (χ0v) is 7.10. The van der Waals surface area contributed by atoms with Crippen LogP contribution in [0.2, 0.25) is 0 Å². The molecule has 1 heterocycles. The molecule has 0 radical (unpaired) electrons. The number of carbonyl (C=O) groups excluding carboxylic acids is 1. The van der Waals surface area contributed by atoms with Crippen molar-refractivity contribution >= 4 is 18.5 Å². The van der Waals surface area contributed by atoms with Crippen molar-refractivity contribution in [1.29, 1.82) is 0 Å². The number of nitrogens with zero attached hydrogens (tertiary/aromatic N) is 1. The molecule has 2 N–H and O–H groups in total. The summed E-state index contributed by atoms with van der Waals surface area (Å²) in [6.07, 6.45) is 0.656. The highest BCUT2D eigenvalue weighted by Crippen LogP contribution is 2.02. The molecule has 66 valence electrons. The van der Waals surface area contributed by atoms with Crippen molar-refractivity contribution < 1.29 is 9.53 Å². The standard InChI is InChI=1S/C6H12N2O2.ClH/c7-2-1-3-8-4-5-10-6(8)9;/h1-5,7H2;1H. The van der Waals surface area contributed by atoms with Gasteiger partial charge < -0.3 is 15.4 Å². The molecule has 0 bridgehead atoms. The van der Waals surface area contributed by atoms with Crippen LogP contribution in [0.15, 0.2) is 0 Å². The van der Waals surface area contributed by atoms with Gasteiger partial charge >= 0.3 is 6.09 Å². The lowest BCUT2D eigenvalue weighted by molar-refractivity contribution is 0.158. The van der Waals surface area contributed by atoms with Gasteiger partial charge in [0.15, 0.2) is 0 Å². The van der Waals surface area contributed by atoms with Gasteiger partial charge in [-0.1, -0.05) is 0 Å². The van der Waals surface area contributed by atoms with E-state index in [1.165, 1.54) is 0 Å². The Morgan fingerprint density at radius 1 is 1.64 bits per heavy atom. The number of hydrogen-bond donors (Lipinski definition) is 1. The molecule has 1 amide bonds. The normalized spacial score (nSPS) is 16.1. The molecule has 11 heavy (non-hydrogen) atoms. The summed E-state index contributed by atoms with van der Waals surface area (Å²) in [4.78, 5) is 12.4. The number of cyclic esters (lactones) is 1. The Bertz CT molecular complexity index is 132. The quantitative estimate of drug-likeness (QED) is 0.676. The van der Waals surface area contributed by atoms with Crippen LogP contribution in [0.5, 0.6) is 0 Å². The van der Waals surface area contributed by atoms with E-state index in [4.69, 9.17) is 10.5 Å². The molecule has 5 heteroatoms. The van der Waals surface area contributed by atoms with Gasteiger partial charge in [-0.25, -0.2) is 4.79 Å². The fourth-order valence-corrected chi connectivity index (χ4v) is 0.911. The van der Waals surface area contributed by atoms with E-state index in [1.807, 2.05) is 0 Å². The zero-order valence-electron chi connectivity index (χ0n) is 6.28. The van der Waals surface area contributed by atoms with Gasteiger partial charge in [0.1, 0.15) is 6.61 Å². The molecule has 0 unspecified atom stereocenters. The van der Waals surface area contributed by atoms with Gasteiger partial charge in [0, 0.05) is 6.54 Å². The third-order valence-corrected chi connectivity index (χ3v) is 1.48. The second-order valence-corrected chi connectivity index (χ2v) is 2.24. The Morgan fingerprint density at radius 2 is 2.36 bits per heavy atom. The summed E-state index contributed by atoms with van der Waals surface area (Å²) in [6.45, 7) is 2.61. The molecule has 0 aliphatic carbocycles. The lowest BCUT2D eigenvalue weighted by Gasteiger charge is -2.10. The Morgan fingerprint density at radius 3 is 2.82 bits per heavy atom. The SMILES string of the molecule is Cl.NCCCN1CCOC1=O. The van der Waals surface area contributed by atoms with Crippen molar-refractivity contribution in [1.82, 2.24) is 4.90 Å². The van der Waals surface area contributed by atoms with E-state index in [1.54, 1.807) is 4.90 Å². The van der Waals surface area contributed by atoms with Gasteiger partial charge in [-0.05, 0) is 13.0 Å². The number of ether oxygens (including phenoxy) is 1. The summed E-state index contributed by atoms with van der Waals surface area (Å²) >= 11 is 0. The molecule has 1 fully saturated rings. The van der Waals surface area contributed by atoms with Gasteiger partial charge in [0.25, 0.3) is 0 Å². The predicted molar refractivity (Wildman–Crippen MR) is 43.8 cm³/mol. The fraction of sp³-hybridized carbons (Fsp3) is 0.833. The molecule has 0 atom stereocenters. The van der Waals surface area contributed by atoms with Crippen molar-refractivity contribution in [3.05, 3.63) is 0 Å². The summed E-state index contributed by atoms with van der Waals surface area (Å²) in [5, 5.41) is 0. The van der Waals surface area contributed by atoms with Crippen molar-refractivity contribution in [2.24, 2.45) is 5.73 Å². The minimum atomic E-state index is -0.201. The minimum Gasteiger partial charge on any atom is -0.448 e. The number of carbonyl (C=O) groups is 1. The maximum absolute atomic E-state index is 10.7. The van der Waals surface area contributed by atoms with Crippen LogP contribution in [-0.4, -0.2) is 37.2 Å². The number of rotatable bonds is 3. The molecule has 0 aromatic rings. The summed E-state index contributed by atoms with van der Waals surface area (Å²) in [6, 6.07) is 0. The van der Waals surface area contributed by atoms with Crippen LogP contribution in [0.4, 0.5) is 4.79 Å². The third-order valence-electron chi connectivity index (χ3n) is 1.48. The minimum absolute atomic E-state index is 0. The average molecular weight is 181 g/mol. The van der Waals surface area contributed by atoms with Gasteiger partial charge in [0.2, 0.25) is 0 Å². The Kier molecular flexibility index (Phi) is 4.98. The fourth-order valence-electron chi connectivity index (χ4n) is 0.911. The lowest BCUT2D eigenvalue weighted by atomic mass is 10.4. The molecular weight excluding hydrogens is 168 g/mol. The summed E-state index contributed by atoms with van der Waals surface area (Å²) in [7, 11) is 0. The molecule has 0 spiro atoms. The Hall–Kier alpha value is -0.480. The Balaban J connectivity index is 0.000001000. The lowest BCUT2D eigenvalue weighted by Crippen LogP contribution is -2.26. The summed E-state index contributed by atoms with van der Waals surface area (Å²) in [5.41, 5.74) is 5.27. The Labute approximate surface area is 72.1 Å². The van der Waals surface area contributed by atoms with E-state index < -0.39 is 0 Å². The third kappa shape index (κ3) is 2.95. The van der Waals surface area contributed by atoms with Crippen LogP contribution in [0.25, 0.3) is 0 Å². The highest BCUT2D eigenvalue weighted by Gasteiger charge is 2.20. The largest absolute Gasteiger partial charge is 0.448 e. The van der Waals surface area contributed by atoms with E-state index >= 15 is 0 Å². The van der Waals surface area contributed by atoms with Crippen LogP contribution < -0.4 is 5.73 Å². The van der Waals surface area contributed by atoms with Crippen LogP contribution >= 0.6 is 12.4 Å². The van der Waals surface area contributed by atoms with E-state index in [2.05, 4.69) is 0 Å². The molecule has 4 nitrogen and oxygen atoms in total. The van der Waals surface area contributed by atoms with Crippen molar-refractivity contribution in [3.63, 3.8) is 0 Å². The number of nitrogens with two attached hydrogens (primary N) is 1. The second-order valence-electron chi connectivity index (χ2n) is 2.24. The van der Waals surface area contributed by atoms with E-state index in [-0.39, 0.29) is 18.5 Å². The molecule has 0 aromatic carbocycles. The van der Waals surface area contributed by atoms with E-state index in [0.29, 0.717) is 13.2 Å². The topological polar surface area (TPSA) is 55.6 Å². The highest BCUT2D eigenvalue weighted by atomic mass is 35.5. The van der Waals surface area contributed by atoms with Crippen LogP contribution in [0, 0.1) is 0 Å². The van der Waals surface area contributed by atoms with Gasteiger partial charge in [-0.15, -0.1) is 12.4 Å². The number of hydrogen-bond acceptors (Lipinski definition) is 3. The van der Waals surface area contributed by atoms with Crippen LogP contribution in [-0.2, 0) is 4.74 Å². The first-order valence-corrected chi connectivity index (χ1v) is 3.46. The maximum atomic E-state index is 10.7. The predicted octanol–water partition coefficient (Wildman–Crippen LogP) is 0.209. The first kappa shape index (κ1) is 10.5. The molecule has 0 aromatic heterocycles. The van der Waals surface area contributed by atoms with Gasteiger partial charge in [-0.2, -0.15) is 0 Å². The summed E-state index contributed by atoms with van der Waals surface area (Å²) < 4.78 is 4.71. The van der Waals surface area contributed by atoms with Crippen LogP contribution in [0.1, 0.15) is 6.42 Å². The van der Waals surface area contributed by atoms with Gasteiger partial charge in [0.05, 0.1) is 6.54 Å². The zero-order chi connectivity index (χ0) is 7.40. The van der Waals surface area contributed by atoms with Crippen molar-refractivity contribution in [2.75, 3.05) is 26.2 Å². The first-order valence-electron chi connectivity index (χ1n) is 3.46. The molecule has 0 saturated carbocycles. The molecule has 1 aliphatic rings. The second kappa shape index (κ2) is 5.21. The highest BCUT2D eigenvalue weighted by molar-refractivity contribution is 5.85. The van der Waals surface area contributed by atoms with Crippen LogP contribution in [0.3, 0.4) is 0 Å². The maximum Gasteiger partial charge on any atom is 0.409 e. The summed E-state index contributed by atoms with van der Waals surface area (Å²) in [5.74, 6) is 0. The smallest absolute Gasteiger partial charge is 0.409 e. The monoisotopic (exact) mass is 180 g/mol. The molecule has 1 saturated heterocycles. The average Bonchev–Trinajstić information content (AvgIpc) is 2.31. The van der Waals surface area contributed by atoms with E-state index in [9.17, 15) is 4.79 Å². The number of amides is 1. The molecule has 1 rings (SSSR count). The van der Waals surface area contributed by atoms with Crippen molar-refractivity contribution in [2.45, 2.75) is 6.42 Å². The van der Waals surface area contributed by atoms with Gasteiger partial charge in [-0.3, -0.25) is 0 Å². The molecular formula is C6H13ClN2O2. The van der Waals surface area contributed by atoms with E-state index in [0.717, 1.165) is 19.5 Å². The van der Waals surface area contributed by atoms with Crippen molar-refractivity contribution in [3.8, 4) is 0 Å². The number of halogens is 1. The molecule has 1 aliphatic heterocycles. The first-order chi connectivity index (χ1) is 4.84.